The molecule has 0 aromatic carbocycles. The monoisotopic (exact) mass is 514 g/mol. The highest BCUT2D eigenvalue weighted by atomic mass is 127. The molecule has 0 spiro atoms. The van der Waals surface area contributed by atoms with Crippen LogP contribution in [0.15, 0.2) is 4.99 Å². The smallest absolute Gasteiger partial charge is 0.356 e. The summed E-state index contributed by atoms with van der Waals surface area (Å²) in [5, 5.41) is 6.28. The van der Waals surface area contributed by atoms with Gasteiger partial charge in [-0.3, -0.25) is 9.89 Å². The van der Waals surface area contributed by atoms with Gasteiger partial charge in [-0.1, -0.05) is 13.8 Å². The van der Waals surface area contributed by atoms with Crippen molar-refractivity contribution in [3.8, 4) is 0 Å². The zero-order chi connectivity index (χ0) is 19.3. The Kier molecular flexibility index (Phi) is 10.2. The molecule has 1 aliphatic heterocycles. The maximum atomic E-state index is 12.4. The third-order valence-corrected chi connectivity index (χ3v) is 5.07. The van der Waals surface area contributed by atoms with Crippen LogP contribution < -0.4 is 10.6 Å². The summed E-state index contributed by atoms with van der Waals surface area (Å²) in [5.74, 6) is 0.634. The minimum absolute atomic E-state index is 0. The lowest BCUT2D eigenvalue weighted by atomic mass is 9.90. The molecule has 0 aliphatic carbocycles. The molecule has 0 aromatic rings. The molecule has 6 nitrogen and oxygen atoms in total. The van der Waals surface area contributed by atoms with E-state index in [1.807, 2.05) is 13.8 Å². The molecule has 0 aromatic heterocycles. The van der Waals surface area contributed by atoms with E-state index >= 15 is 0 Å². The van der Waals surface area contributed by atoms with Crippen LogP contribution >= 0.6 is 24.0 Å². The van der Waals surface area contributed by atoms with Gasteiger partial charge in [0.1, 0.15) is 9.84 Å². The van der Waals surface area contributed by atoms with Gasteiger partial charge in [-0.2, -0.15) is 13.2 Å². The summed E-state index contributed by atoms with van der Waals surface area (Å²) in [7, 11) is -1.41. The van der Waals surface area contributed by atoms with E-state index in [-0.39, 0.29) is 41.2 Å². The number of aliphatic imine (C=N–C) groups is 1. The molecule has 0 radical (unpaired) electrons. The molecule has 1 aliphatic rings. The third kappa shape index (κ3) is 11.4. The highest BCUT2D eigenvalue weighted by Crippen LogP contribution is 2.21. The predicted molar refractivity (Wildman–Crippen MR) is 109 cm³/mol. The Morgan fingerprint density at radius 3 is 2.42 bits per heavy atom. The second-order valence-corrected chi connectivity index (χ2v) is 9.71. The van der Waals surface area contributed by atoms with Crippen LogP contribution in [0.4, 0.5) is 13.2 Å². The fourth-order valence-corrected chi connectivity index (χ4v) is 3.53. The zero-order valence-electron chi connectivity index (χ0n) is 15.7. The SMILES string of the molecule is CN=C(NCC(C)(C)CCS(C)(=O)=O)NC1CCN(CC(F)(F)F)C1.I. The van der Waals surface area contributed by atoms with E-state index in [1.54, 1.807) is 7.05 Å². The minimum atomic E-state index is -4.18. The van der Waals surface area contributed by atoms with Gasteiger partial charge in [0, 0.05) is 39.0 Å². The molecule has 11 heteroatoms. The molecule has 1 rings (SSSR count). The molecule has 1 atom stereocenters. The van der Waals surface area contributed by atoms with Gasteiger partial charge in [-0.05, 0) is 18.3 Å². The van der Waals surface area contributed by atoms with Crippen molar-refractivity contribution in [1.29, 1.82) is 0 Å². The molecule has 1 heterocycles. The van der Waals surface area contributed by atoms with E-state index < -0.39 is 22.6 Å². The lowest BCUT2D eigenvalue weighted by Crippen LogP contribution is -2.47. The Balaban J connectivity index is 0.00000625. The quantitative estimate of drug-likeness (QED) is 0.309. The van der Waals surface area contributed by atoms with Crippen LogP contribution in [0.5, 0.6) is 0 Å². The summed E-state index contributed by atoms with van der Waals surface area (Å²) in [6, 6.07) is -0.0901. The van der Waals surface area contributed by atoms with E-state index in [1.165, 1.54) is 11.2 Å². The first-order chi connectivity index (χ1) is 11.3. The molecule has 1 unspecified atom stereocenters. The van der Waals surface area contributed by atoms with Crippen LogP contribution in [0.1, 0.15) is 26.7 Å². The van der Waals surface area contributed by atoms with Crippen molar-refractivity contribution in [2.45, 2.75) is 38.9 Å². The second kappa shape index (κ2) is 10.3. The predicted octanol–water partition coefficient (Wildman–Crippen LogP) is 1.87. The van der Waals surface area contributed by atoms with Gasteiger partial charge in [0.15, 0.2) is 5.96 Å². The molecule has 0 saturated carbocycles. The summed E-state index contributed by atoms with van der Waals surface area (Å²) in [6.07, 6.45) is -1.84. The van der Waals surface area contributed by atoms with Crippen molar-refractivity contribution in [2.24, 2.45) is 10.4 Å². The molecule has 2 N–H and O–H groups in total. The molecule has 1 saturated heterocycles. The number of halogens is 4. The number of hydrogen-bond acceptors (Lipinski definition) is 4. The largest absolute Gasteiger partial charge is 0.401 e. The van der Waals surface area contributed by atoms with E-state index in [4.69, 9.17) is 0 Å². The van der Waals surface area contributed by atoms with E-state index in [9.17, 15) is 21.6 Å². The molecule has 1 fully saturated rings. The third-order valence-electron chi connectivity index (χ3n) is 4.12. The number of alkyl halides is 3. The van der Waals surface area contributed by atoms with Crippen LogP contribution in [0, 0.1) is 5.41 Å². The van der Waals surface area contributed by atoms with Crippen molar-refractivity contribution in [1.82, 2.24) is 15.5 Å². The molecular weight excluding hydrogens is 484 g/mol. The summed E-state index contributed by atoms with van der Waals surface area (Å²) in [4.78, 5) is 5.47. The Labute approximate surface area is 171 Å². The maximum absolute atomic E-state index is 12.4. The first-order valence-electron chi connectivity index (χ1n) is 8.24. The molecule has 156 valence electrons. The van der Waals surface area contributed by atoms with Crippen LogP contribution in [-0.2, 0) is 9.84 Å². The summed E-state index contributed by atoms with van der Waals surface area (Å²) in [5.41, 5.74) is -0.251. The molecule has 0 amide bonds. The van der Waals surface area contributed by atoms with Gasteiger partial charge >= 0.3 is 6.18 Å². The highest BCUT2D eigenvalue weighted by Gasteiger charge is 2.34. The van der Waals surface area contributed by atoms with Crippen LogP contribution in [0.3, 0.4) is 0 Å². The van der Waals surface area contributed by atoms with Crippen LogP contribution in [0.2, 0.25) is 0 Å². The van der Waals surface area contributed by atoms with Gasteiger partial charge in [0.05, 0.1) is 12.3 Å². The number of nitrogens with zero attached hydrogens (tertiary/aromatic N) is 2. The van der Waals surface area contributed by atoms with Gasteiger partial charge in [-0.15, -0.1) is 24.0 Å². The summed E-state index contributed by atoms with van der Waals surface area (Å²) >= 11 is 0. The van der Waals surface area contributed by atoms with Crippen LogP contribution in [-0.4, -0.2) is 76.7 Å². The molecular formula is C15H30F3IN4O2S. The van der Waals surface area contributed by atoms with Crippen molar-refractivity contribution in [3.05, 3.63) is 0 Å². The van der Waals surface area contributed by atoms with Crippen molar-refractivity contribution in [2.75, 3.05) is 45.2 Å². The normalized spacial score (nSPS) is 20.0. The maximum Gasteiger partial charge on any atom is 0.401 e. The topological polar surface area (TPSA) is 73.8 Å². The number of guanidine groups is 1. The fraction of sp³-hybridized carbons (Fsp3) is 0.933. The average Bonchev–Trinajstić information content (AvgIpc) is 2.85. The highest BCUT2D eigenvalue weighted by molar-refractivity contribution is 14.0. The zero-order valence-corrected chi connectivity index (χ0v) is 18.8. The summed E-state index contributed by atoms with van der Waals surface area (Å²) in [6.45, 7) is 4.25. The Morgan fingerprint density at radius 2 is 1.92 bits per heavy atom. The van der Waals surface area contributed by atoms with E-state index in [0.29, 0.717) is 38.4 Å². The summed E-state index contributed by atoms with van der Waals surface area (Å²) < 4.78 is 59.9. The standard InChI is InChI=1S/C15H29F3N4O2S.HI/c1-14(2,6-8-25(4,23)24)10-20-13(19-3)21-12-5-7-22(9-12)11-15(16,17)18;/h12H,5-11H2,1-4H3,(H2,19,20,21);1H. The average molecular weight is 514 g/mol. The lowest BCUT2D eigenvalue weighted by molar-refractivity contribution is -0.143. The van der Waals surface area contributed by atoms with Crippen molar-refractivity contribution in [3.63, 3.8) is 0 Å². The second-order valence-electron chi connectivity index (χ2n) is 7.45. The Bertz CT molecular complexity index is 568. The van der Waals surface area contributed by atoms with Gasteiger partial charge < -0.3 is 10.6 Å². The molecule has 26 heavy (non-hydrogen) atoms. The Hall–Kier alpha value is -0.300. The number of hydrogen-bond donors (Lipinski definition) is 2. The number of rotatable bonds is 7. The minimum Gasteiger partial charge on any atom is -0.356 e. The van der Waals surface area contributed by atoms with Crippen LogP contribution in [0.25, 0.3) is 0 Å². The van der Waals surface area contributed by atoms with Crippen molar-refractivity contribution < 1.29 is 21.6 Å². The first kappa shape index (κ1) is 25.7. The van der Waals surface area contributed by atoms with Crippen molar-refractivity contribution >= 4 is 39.8 Å². The fourth-order valence-electron chi connectivity index (χ4n) is 2.61. The van der Waals surface area contributed by atoms with Gasteiger partial charge in [0.25, 0.3) is 0 Å². The number of nitrogens with one attached hydrogen (secondary N) is 2. The Morgan fingerprint density at radius 1 is 1.31 bits per heavy atom. The number of sulfone groups is 1. The first-order valence-corrected chi connectivity index (χ1v) is 10.3. The number of likely N-dealkylation sites (tertiary alicyclic amines) is 1. The van der Waals surface area contributed by atoms with Gasteiger partial charge in [-0.25, -0.2) is 8.42 Å². The van der Waals surface area contributed by atoms with E-state index in [2.05, 4.69) is 15.6 Å². The lowest BCUT2D eigenvalue weighted by Gasteiger charge is -2.27. The van der Waals surface area contributed by atoms with Gasteiger partial charge in [0.2, 0.25) is 0 Å². The molecule has 0 bridgehead atoms. The van der Waals surface area contributed by atoms with E-state index in [0.717, 1.165) is 0 Å².